The summed E-state index contributed by atoms with van der Waals surface area (Å²) in [6.07, 6.45) is 14.1. The highest BCUT2D eigenvalue weighted by atomic mass is 35.5. The average Bonchev–Trinajstić information content (AvgIpc) is 3.11. The van der Waals surface area contributed by atoms with Gasteiger partial charge in [0.05, 0.1) is 0 Å². The fourth-order valence-electron chi connectivity index (χ4n) is 6.04. The summed E-state index contributed by atoms with van der Waals surface area (Å²) in [5.74, 6) is 0. The Morgan fingerprint density at radius 3 is 1.08 bits per heavy atom. The van der Waals surface area contributed by atoms with Crippen LogP contribution in [0.2, 0.25) is 12.1 Å². The van der Waals surface area contributed by atoms with Crippen LogP contribution in [0.5, 0.6) is 0 Å². The number of urea groups is 2. The average molecular weight is 815 g/mol. The summed E-state index contributed by atoms with van der Waals surface area (Å²) in [5.41, 5.74) is 0.861. The number of carbonyl (C=O) groups is 2. The van der Waals surface area contributed by atoms with E-state index in [4.69, 9.17) is 32.0 Å². The molecule has 0 aliphatic heterocycles. The molecule has 0 heterocycles. The third kappa shape index (κ3) is 27.0. The Kier molecular flexibility index (Phi) is 35.7. The maximum absolute atomic E-state index is 12.5. The van der Waals surface area contributed by atoms with E-state index in [1.54, 1.807) is 9.80 Å². The Labute approximate surface area is 332 Å². The number of hydrogen-bond acceptors (Lipinski definition) is 9. The third-order valence-electron chi connectivity index (χ3n) is 8.69. The Balaban J connectivity index is 0. The molecule has 0 aromatic rings. The van der Waals surface area contributed by atoms with E-state index in [2.05, 4.69) is 10.6 Å². The molecular weight excluding hydrogens is 734 g/mol. The summed E-state index contributed by atoms with van der Waals surface area (Å²) in [6.45, 7) is 17.7. The van der Waals surface area contributed by atoms with Crippen LogP contribution in [0.25, 0.3) is 0 Å². The number of carbonyl (C=O) groups excluding carboxylic acids is 2. The van der Waals surface area contributed by atoms with E-state index in [1.165, 1.54) is 0 Å². The van der Waals surface area contributed by atoms with E-state index >= 15 is 0 Å². The molecule has 0 aromatic heterocycles. The van der Waals surface area contributed by atoms with Crippen molar-refractivity contribution in [2.45, 2.75) is 144 Å². The molecule has 0 radical (unpaired) electrons. The molecule has 3 N–H and O–H groups in total. The zero-order valence-electron chi connectivity index (χ0n) is 35.0. The lowest BCUT2D eigenvalue weighted by atomic mass is 10.0. The van der Waals surface area contributed by atoms with Crippen LogP contribution < -0.4 is 10.6 Å². The number of nitrogens with zero attached hydrogens (tertiary/aromatic N) is 2. The fourth-order valence-corrected chi connectivity index (χ4v) is 11.3. The number of halogens is 1. The maximum Gasteiger partial charge on any atom is 0.500 e. The zero-order chi connectivity index (χ0) is 38.9. The minimum atomic E-state index is -2.67. The lowest BCUT2D eigenvalue weighted by Crippen LogP contribution is -2.46. The maximum atomic E-state index is 12.5. The SMILES string of the molecule is CCO[Si](CCCNC(=O)N(C)CCCCCCCC(=N)CCCCCCCN(C)C(=O)NCCC[Si](OCC)(OCC)OCC)(OCC)OCC.Cl. The first kappa shape index (κ1) is 53.8. The van der Waals surface area contributed by atoms with Gasteiger partial charge in [0.25, 0.3) is 0 Å². The van der Waals surface area contributed by atoms with E-state index in [-0.39, 0.29) is 24.5 Å². The van der Waals surface area contributed by atoms with Gasteiger partial charge in [-0.05, 0) is 92.9 Å². The molecule has 0 unspecified atom stereocenters. The summed E-state index contributed by atoms with van der Waals surface area (Å²) in [6, 6.07) is 1.29. The summed E-state index contributed by atoms with van der Waals surface area (Å²) in [4.78, 5) is 28.5. The molecule has 316 valence electrons. The van der Waals surface area contributed by atoms with Crippen LogP contribution >= 0.6 is 12.4 Å². The van der Waals surface area contributed by atoms with Crippen LogP contribution in [0.1, 0.15) is 131 Å². The second-order valence-electron chi connectivity index (χ2n) is 13.1. The largest absolute Gasteiger partial charge is 0.500 e. The van der Waals surface area contributed by atoms with Crippen LogP contribution in [-0.2, 0) is 26.6 Å². The van der Waals surface area contributed by atoms with Crippen molar-refractivity contribution in [3.05, 3.63) is 0 Å². The molecule has 16 heteroatoms. The monoisotopic (exact) mass is 814 g/mol. The smallest absolute Gasteiger partial charge is 0.374 e. The standard InChI is InChI=1S/C37H79N5O8Si2.ClH/c1-9-45-51(46-10-2,47-11-3)33-25-29-39-36(43)41(7)31-23-19-15-17-21-27-35(38)28-22-18-16-20-24-32-42(8)37(44)40-30-26-34-52(48-12-4,49-13-5)50-14-6;/h38H,9-34H2,1-8H3,(H,39,43)(H,40,44);1H. The predicted molar refractivity (Wildman–Crippen MR) is 223 cm³/mol. The van der Waals surface area contributed by atoms with Gasteiger partial charge in [-0.25, -0.2) is 9.59 Å². The Morgan fingerprint density at radius 2 is 0.774 bits per heavy atom. The van der Waals surface area contributed by atoms with Gasteiger partial charge in [-0.2, -0.15) is 0 Å². The van der Waals surface area contributed by atoms with Crippen molar-refractivity contribution in [3.8, 4) is 0 Å². The summed E-state index contributed by atoms with van der Waals surface area (Å²) < 4.78 is 35.3. The fraction of sp³-hybridized carbons (Fsp3) is 0.919. The van der Waals surface area contributed by atoms with E-state index in [0.717, 1.165) is 109 Å². The predicted octanol–water partition coefficient (Wildman–Crippen LogP) is 8.27. The Morgan fingerprint density at radius 1 is 0.491 bits per heavy atom. The molecule has 4 amide bonds. The summed E-state index contributed by atoms with van der Waals surface area (Å²) >= 11 is 0. The topological polar surface area (TPSA) is 144 Å². The van der Waals surface area contributed by atoms with Crippen molar-refractivity contribution < 1.29 is 36.1 Å². The molecule has 0 saturated carbocycles. The van der Waals surface area contributed by atoms with Crippen molar-refractivity contribution in [2.24, 2.45) is 0 Å². The van der Waals surface area contributed by atoms with Crippen LogP contribution in [-0.4, -0.2) is 125 Å². The second kappa shape index (κ2) is 35.1. The molecule has 0 rings (SSSR count). The van der Waals surface area contributed by atoms with Crippen molar-refractivity contribution in [1.29, 1.82) is 5.41 Å². The normalized spacial score (nSPS) is 11.6. The van der Waals surface area contributed by atoms with Gasteiger partial charge in [0, 0.05) is 97.7 Å². The van der Waals surface area contributed by atoms with Crippen LogP contribution in [0.4, 0.5) is 9.59 Å². The summed E-state index contributed by atoms with van der Waals surface area (Å²) in [5, 5.41) is 14.3. The van der Waals surface area contributed by atoms with Gasteiger partial charge >= 0.3 is 29.7 Å². The molecule has 0 aliphatic rings. The molecule has 0 spiro atoms. The highest BCUT2D eigenvalue weighted by Gasteiger charge is 2.40. The molecule has 13 nitrogen and oxygen atoms in total. The zero-order valence-corrected chi connectivity index (χ0v) is 37.8. The molecule has 0 bridgehead atoms. The van der Waals surface area contributed by atoms with Crippen molar-refractivity contribution in [1.82, 2.24) is 20.4 Å². The molecule has 0 atom stereocenters. The first-order valence-corrected chi connectivity index (χ1v) is 24.3. The summed E-state index contributed by atoms with van der Waals surface area (Å²) in [7, 11) is -1.64. The first-order chi connectivity index (χ1) is 25.1. The van der Waals surface area contributed by atoms with Crippen LogP contribution in [0.15, 0.2) is 0 Å². The third-order valence-corrected chi connectivity index (χ3v) is 15.0. The highest BCUT2D eigenvalue weighted by Crippen LogP contribution is 2.19. The van der Waals surface area contributed by atoms with Gasteiger partial charge in [0.15, 0.2) is 0 Å². The molecule has 0 aliphatic carbocycles. The lowest BCUT2D eigenvalue weighted by Gasteiger charge is -2.28. The molecule has 53 heavy (non-hydrogen) atoms. The lowest BCUT2D eigenvalue weighted by molar-refractivity contribution is 0.0700. The Bertz CT molecular complexity index is 813. The molecule has 0 saturated heterocycles. The molecular formula is C37H80ClN5O8Si2. The van der Waals surface area contributed by atoms with Gasteiger partial charge in [-0.3, -0.25) is 0 Å². The molecule has 0 fully saturated rings. The molecule has 0 aromatic carbocycles. The van der Waals surface area contributed by atoms with Gasteiger partial charge in [-0.1, -0.05) is 38.5 Å². The second-order valence-corrected chi connectivity index (χ2v) is 18.6. The Hall–Kier alpha value is -1.31. The minimum absolute atomic E-state index is 0. The van der Waals surface area contributed by atoms with Gasteiger partial charge in [-0.15, -0.1) is 12.4 Å². The van der Waals surface area contributed by atoms with Crippen molar-refractivity contribution in [3.63, 3.8) is 0 Å². The van der Waals surface area contributed by atoms with Gasteiger partial charge < -0.3 is 52.4 Å². The van der Waals surface area contributed by atoms with Gasteiger partial charge in [0.2, 0.25) is 0 Å². The number of hydrogen-bond donors (Lipinski definition) is 3. The van der Waals surface area contributed by atoms with Crippen LogP contribution in [0.3, 0.4) is 0 Å². The number of rotatable bonds is 36. The van der Waals surface area contributed by atoms with E-state index in [1.807, 2.05) is 55.6 Å². The number of unbranched alkanes of at least 4 members (excludes halogenated alkanes) is 8. The van der Waals surface area contributed by atoms with Crippen LogP contribution in [0, 0.1) is 5.41 Å². The van der Waals surface area contributed by atoms with E-state index in [0.29, 0.717) is 64.8 Å². The van der Waals surface area contributed by atoms with Crippen molar-refractivity contribution >= 4 is 47.8 Å². The minimum Gasteiger partial charge on any atom is -0.374 e. The number of amides is 4. The van der Waals surface area contributed by atoms with Crippen molar-refractivity contribution in [2.75, 3.05) is 79.9 Å². The van der Waals surface area contributed by atoms with E-state index in [9.17, 15) is 9.59 Å². The highest BCUT2D eigenvalue weighted by molar-refractivity contribution is 6.61. The quantitative estimate of drug-likeness (QED) is 0.0326. The first-order valence-electron chi connectivity index (χ1n) is 20.5. The van der Waals surface area contributed by atoms with Gasteiger partial charge in [0.1, 0.15) is 0 Å². The number of nitrogens with one attached hydrogen (secondary N) is 3. The van der Waals surface area contributed by atoms with E-state index < -0.39 is 17.6 Å².